The summed E-state index contributed by atoms with van der Waals surface area (Å²) < 4.78 is 5.31. The Bertz CT molecular complexity index is 952. The summed E-state index contributed by atoms with van der Waals surface area (Å²) in [6, 6.07) is 16.9. The topological polar surface area (TPSA) is 66.8 Å². The first-order valence-corrected chi connectivity index (χ1v) is 9.11. The van der Waals surface area contributed by atoms with Crippen LogP contribution in [0.2, 0.25) is 0 Å². The Hall–Kier alpha value is -3.19. The van der Waals surface area contributed by atoms with E-state index in [1.807, 2.05) is 61.5 Å². The number of ether oxygens (including phenoxy) is 1. The van der Waals surface area contributed by atoms with Gasteiger partial charge in [-0.2, -0.15) is 0 Å². The second-order valence-corrected chi connectivity index (χ2v) is 6.88. The fraction of sp³-hybridized carbons (Fsp3) is 0.150. The summed E-state index contributed by atoms with van der Waals surface area (Å²) in [5.41, 5.74) is 2.08. The molecule has 0 aliphatic carbocycles. The fourth-order valence-corrected chi connectivity index (χ4v) is 3.22. The molecule has 0 saturated heterocycles. The molecule has 1 N–H and O–H groups in total. The van der Waals surface area contributed by atoms with Crippen LogP contribution in [0.25, 0.3) is 11.3 Å². The van der Waals surface area contributed by atoms with Gasteiger partial charge in [-0.15, -0.1) is 0 Å². The van der Waals surface area contributed by atoms with Crippen LogP contribution in [0.3, 0.4) is 0 Å². The predicted octanol–water partition coefficient (Wildman–Crippen LogP) is 4.29. The molecule has 7 heteroatoms. The highest BCUT2D eigenvalue weighted by Gasteiger charge is 2.20. The van der Waals surface area contributed by atoms with Gasteiger partial charge in [0.1, 0.15) is 10.6 Å². The average molecular weight is 380 g/mol. The lowest BCUT2D eigenvalue weighted by Crippen LogP contribution is -2.12. The summed E-state index contributed by atoms with van der Waals surface area (Å²) >= 11 is 1.25. The van der Waals surface area contributed by atoms with Gasteiger partial charge in [0.25, 0.3) is 5.91 Å². The second-order valence-electron chi connectivity index (χ2n) is 5.90. The van der Waals surface area contributed by atoms with Crippen LogP contribution >= 0.6 is 11.3 Å². The molecule has 0 aliphatic heterocycles. The van der Waals surface area contributed by atoms with Crippen molar-refractivity contribution >= 4 is 34.4 Å². The molecule has 3 rings (SSSR count). The molecule has 0 fully saturated rings. The highest BCUT2D eigenvalue weighted by atomic mass is 32.1. The quantitative estimate of drug-likeness (QED) is 0.512. The van der Waals surface area contributed by atoms with Gasteiger partial charge < -0.3 is 15.0 Å². The van der Waals surface area contributed by atoms with E-state index in [-0.39, 0.29) is 5.91 Å². The highest BCUT2D eigenvalue weighted by Crippen LogP contribution is 2.34. The molecule has 2 aromatic carbocycles. The van der Waals surface area contributed by atoms with E-state index in [9.17, 15) is 4.79 Å². The monoisotopic (exact) mass is 380 g/mol. The maximum atomic E-state index is 13.0. The zero-order valence-corrected chi connectivity index (χ0v) is 16.2. The number of anilines is 1. The Labute approximate surface area is 162 Å². The van der Waals surface area contributed by atoms with Crippen LogP contribution in [-0.4, -0.2) is 43.3 Å². The number of carbonyl (C=O) groups is 1. The van der Waals surface area contributed by atoms with Gasteiger partial charge in [0.15, 0.2) is 0 Å². The summed E-state index contributed by atoms with van der Waals surface area (Å²) in [4.78, 5) is 24.2. The number of hydrogen-bond donors (Lipinski definition) is 1. The summed E-state index contributed by atoms with van der Waals surface area (Å²) in [7, 11) is 5.33. The van der Waals surface area contributed by atoms with Crippen LogP contribution in [0.5, 0.6) is 5.75 Å². The zero-order valence-electron chi connectivity index (χ0n) is 15.3. The van der Waals surface area contributed by atoms with Crippen molar-refractivity contribution in [2.45, 2.75) is 0 Å². The van der Waals surface area contributed by atoms with Crippen LogP contribution in [0.4, 0.5) is 10.8 Å². The normalized spacial score (nSPS) is 10.8. The van der Waals surface area contributed by atoms with E-state index in [0.29, 0.717) is 27.1 Å². The molecule has 1 heterocycles. The first-order chi connectivity index (χ1) is 13.1. The van der Waals surface area contributed by atoms with Crippen LogP contribution in [0, 0.1) is 0 Å². The molecule has 0 atom stereocenters. The van der Waals surface area contributed by atoms with Gasteiger partial charge in [0, 0.05) is 19.7 Å². The highest BCUT2D eigenvalue weighted by molar-refractivity contribution is 7.17. The minimum absolute atomic E-state index is 0.248. The molecule has 0 unspecified atom stereocenters. The number of benzene rings is 2. The smallest absolute Gasteiger partial charge is 0.268 e. The SMILES string of the molecule is COc1ccccc1NC(=O)c1sc(N=CN(C)C)nc1-c1ccccc1. The molecule has 0 radical (unpaired) electrons. The Morgan fingerprint density at radius 1 is 1.15 bits per heavy atom. The Morgan fingerprint density at radius 2 is 1.85 bits per heavy atom. The minimum Gasteiger partial charge on any atom is -0.495 e. The molecule has 1 amide bonds. The lowest BCUT2D eigenvalue weighted by atomic mass is 10.1. The first-order valence-electron chi connectivity index (χ1n) is 8.29. The standard InChI is InChI=1S/C20H20N4O2S/c1-24(2)13-21-20-23-17(14-9-5-4-6-10-14)18(27-20)19(25)22-15-11-7-8-12-16(15)26-3/h4-13H,1-3H3,(H,22,25). The van der Waals surface area contributed by atoms with E-state index in [0.717, 1.165) is 5.56 Å². The maximum Gasteiger partial charge on any atom is 0.268 e. The van der Waals surface area contributed by atoms with Gasteiger partial charge in [-0.25, -0.2) is 9.98 Å². The van der Waals surface area contributed by atoms with Gasteiger partial charge >= 0.3 is 0 Å². The van der Waals surface area contributed by atoms with Crippen molar-refractivity contribution in [2.24, 2.45) is 4.99 Å². The van der Waals surface area contributed by atoms with Crippen molar-refractivity contribution in [1.29, 1.82) is 0 Å². The molecular formula is C20H20N4O2S. The number of aliphatic imine (C=N–C) groups is 1. The molecule has 0 spiro atoms. The molecule has 27 heavy (non-hydrogen) atoms. The Kier molecular flexibility index (Phi) is 5.83. The van der Waals surface area contributed by atoms with Gasteiger partial charge in [-0.3, -0.25) is 4.79 Å². The molecule has 6 nitrogen and oxygen atoms in total. The largest absolute Gasteiger partial charge is 0.495 e. The van der Waals surface area contributed by atoms with Crippen LogP contribution in [0.15, 0.2) is 59.6 Å². The first kappa shape index (κ1) is 18.6. The third-order valence-corrected chi connectivity index (χ3v) is 4.59. The van der Waals surface area contributed by atoms with E-state index in [4.69, 9.17) is 4.74 Å². The zero-order chi connectivity index (χ0) is 19.2. The summed E-state index contributed by atoms with van der Waals surface area (Å²) in [5.74, 6) is 0.352. The number of nitrogens with zero attached hydrogens (tertiary/aromatic N) is 3. The third-order valence-electron chi connectivity index (χ3n) is 3.62. The Balaban J connectivity index is 1.98. The van der Waals surface area contributed by atoms with Crippen LogP contribution in [-0.2, 0) is 0 Å². The van der Waals surface area contributed by atoms with E-state index in [2.05, 4.69) is 15.3 Å². The van der Waals surface area contributed by atoms with Crippen molar-refractivity contribution < 1.29 is 9.53 Å². The maximum absolute atomic E-state index is 13.0. The molecule has 0 aliphatic rings. The number of carbonyl (C=O) groups excluding carboxylic acids is 1. The van der Waals surface area contributed by atoms with Crippen LogP contribution in [0.1, 0.15) is 9.67 Å². The van der Waals surface area contributed by atoms with Gasteiger partial charge in [0.2, 0.25) is 5.13 Å². The number of nitrogens with one attached hydrogen (secondary N) is 1. The van der Waals surface area contributed by atoms with Crippen molar-refractivity contribution in [3.05, 3.63) is 59.5 Å². The summed E-state index contributed by atoms with van der Waals surface area (Å²) in [5, 5.41) is 3.43. The molecule has 0 saturated carbocycles. The van der Waals surface area contributed by atoms with Crippen molar-refractivity contribution in [2.75, 3.05) is 26.5 Å². The number of amides is 1. The number of methoxy groups -OCH3 is 1. The molecule has 3 aromatic rings. The van der Waals surface area contributed by atoms with Gasteiger partial charge in [-0.05, 0) is 12.1 Å². The van der Waals surface area contributed by atoms with Crippen LogP contribution < -0.4 is 10.1 Å². The lowest BCUT2D eigenvalue weighted by Gasteiger charge is -2.09. The van der Waals surface area contributed by atoms with E-state index in [1.54, 1.807) is 25.6 Å². The van der Waals surface area contributed by atoms with Crippen molar-refractivity contribution in [1.82, 2.24) is 9.88 Å². The number of rotatable bonds is 6. The predicted molar refractivity (Wildman–Crippen MR) is 110 cm³/mol. The molecule has 138 valence electrons. The number of para-hydroxylation sites is 2. The lowest BCUT2D eigenvalue weighted by molar-refractivity contribution is 0.103. The third kappa shape index (κ3) is 4.51. The molecule has 1 aromatic heterocycles. The van der Waals surface area contributed by atoms with Gasteiger partial charge in [0.05, 0.1) is 24.8 Å². The molecular weight excluding hydrogens is 360 g/mol. The number of thiazole rings is 1. The van der Waals surface area contributed by atoms with Gasteiger partial charge in [-0.1, -0.05) is 53.8 Å². The average Bonchev–Trinajstić information content (AvgIpc) is 3.12. The van der Waals surface area contributed by atoms with E-state index >= 15 is 0 Å². The van der Waals surface area contributed by atoms with E-state index < -0.39 is 0 Å². The van der Waals surface area contributed by atoms with Crippen molar-refractivity contribution in [3.8, 4) is 17.0 Å². The number of hydrogen-bond acceptors (Lipinski definition) is 5. The van der Waals surface area contributed by atoms with E-state index in [1.165, 1.54) is 11.3 Å². The fourth-order valence-electron chi connectivity index (χ4n) is 2.40. The summed E-state index contributed by atoms with van der Waals surface area (Å²) in [6.45, 7) is 0. The summed E-state index contributed by atoms with van der Waals surface area (Å²) in [6.07, 6.45) is 1.66. The minimum atomic E-state index is -0.248. The number of aromatic nitrogens is 1. The van der Waals surface area contributed by atoms with Crippen molar-refractivity contribution in [3.63, 3.8) is 0 Å². The Morgan fingerprint density at radius 3 is 2.56 bits per heavy atom. The second kappa shape index (κ2) is 8.46. The molecule has 0 bridgehead atoms.